The van der Waals surface area contributed by atoms with Gasteiger partial charge in [0.2, 0.25) is 0 Å². The van der Waals surface area contributed by atoms with Crippen molar-refractivity contribution in [3.8, 4) is 5.75 Å². The molecule has 0 amide bonds. The highest BCUT2D eigenvalue weighted by molar-refractivity contribution is 6.30. The van der Waals surface area contributed by atoms with E-state index in [4.69, 9.17) is 16.3 Å². The Morgan fingerprint density at radius 1 is 1.38 bits per heavy atom. The molecule has 1 unspecified atom stereocenters. The number of halogens is 1. The zero-order chi connectivity index (χ0) is 15.2. The number of carboxylic acid groups (broad SMARTS) is 1. The third kappa shape index (κ3) is 4.90. The van der Waals surface area contributed by atoms with Crippen LogP contribution in [0.5, 0.6) is 5.75 Å². The number of likely N-dealkylation sites (tertiary alicyclic amines) is 1. The zero-order valence-electron chi connectivity index (χ0n) is 12.3. The van der Waals surface area contributed by atoms with Crippen molar-refractivity contribution in [2.45, 2.75) is 32.2 Å². The summed E-state index contributed by atoms with van der Waals surface area (Å²) in [6.07, 6.45) is 2.63. The van der Waals surface area contributed by atoms with Crippen molar-refractivity contribution in [3.63, 3.8) is 0 Å². The first-order valence-corrected chi connectivity index (χ1v) is 7.79. The van der Waals surface area contributed by atoms with Gasteiger partial charge in [0, 0.05) is 11.4 Å². The minimum absolute atomic E-state index is 0.394. The Morgan fingerprint density at radius 2 is 2.00 bits per heavy atom. The van der Waals surface area contributed by atoms with Gasteiger partial charge >= 0.3 is 5.97 Å². The topological polar surface area (TPSA) is 49.8 Å². The molecule has 0 radical (unpaired) electrons. The Kier molecular flexibility index (Phi) is 5.88. The van der Waals surface area contributed by atoms with Gasteiger partial charge in [-0.1, -0.05) is 18.5 Å². The number of piperidine rings is 1. The van der Waals surface area contributed by atoms with Crippen LogP contribution < -0.4 is 4.74 Å². The van der Waals surface area contributed by atoms with Crippen molar-refractivity contribution in [3.05, 3.63) is 29.3 Å². The summed E-state index contributed by atoms with van der Waals surface area (Å²) in [5.74, 6) is 0.654. The number of aliphatic carboxylic acids is 1. The quantitative estimate of drug-likeness (QED) is 0.876. The summed E-state index contributed by atoms with van der Waals surface area (Å²) in [6, 6.07) is 6.65. The molecule has 5 heteroatoms. The van der Waals surface area contributed by atoms with Gasteiger partial charge in [-0.3, -0.25) is 9.69 Å². The van der Waals surface area contributed by atoms with Crippen molar-refractivity contribution < 1.29 is 14.6 Å². The first kappa shape index (κ1) is 16.1. The molecule has 1 saturated heterocycles. The monoisotopic (exact) mass is 311 g/mol. The fourth-order valence-electron chi connectivity index (χ4n) is 2.62. The lowest BCUT2D eigenvalue weighted by Gasteiger charge is -2.34. The van der Waals surface area contributed by atoms with Crippen LogP contribution >= 0.6 is 11.6 Å². The molecule has 0 aliphatic carbocycles. The number of hydrogen-bond donors (Lipinski definition) is 1. The van der Waals surface area contributed by atoms with Gasteiger partial charge in [0.15, 0.2) is 0 Å². The van der Waals surface area contributed by atoms with E-state index in [9.17, 15) is 9.90 Å². The van der Waals surface area contributed by atoms with Crippen LogP contribution in [0.15, 0.2) is 24.3 Å². The van der Waals surface area contributed by atoms with Crippen LogP contribution in [0.3, 0.4) is 0 Å². The molecule has 0 bridgehead atoms. The van der Waals surface area contributed by atoms with Crippen LogP contribution in [0.25, 0.3) is 0 Å². The van der Waals surface area contributed by atoms with Crippen molar-refractivity contribution in [1.29, 1.82) is 0 Å². The highest BCUT2D eigenvalue weighted by Gasteiger charge is 2.28. The third-order valence-electron chi connectivity index (χ3n) is 4.02. The van der Waals surface area contributed by atoms with E-state index in [-0.39, 0.29) is 0 Å². The van der Waals surface area contributed by atoms with Gasteiger partial charge in [0.05, 0.1) is 6.61 Å². The molecule has 0 spiro atoms. The smallest absolute Gasteiger partial charge is 0.321 e. The Balaban J connectivity index is 1.83. The minimum Gasteiger partial charge on any atom is -0.494 e. The summed E-state index contributed by atoms with van der Waals surface area (Å²) >= 11 is 5.81. The fourth-order valence-corrected chi connectivity index (χ4v) is 2.75. The summed E-state index contributed by atoms with van der Waals surface area (Å²) < 4.78 is 5.60. The molecule has 1 aromatic rings. The van der Waals surface area contributed by atoms with E-state index in [0.29, 0.717) is 24.0 Å². The first-order chi connectivity index (χ1) is 10.1. The molecular weight excluding hydrogens is 290 g/mol. The highest BCUT2D eigenvalue weighted by atomic mass is 35.5. The number of carbonyl (C=O) groups is 1. The molecule has 0 saturated carbocycles. The maximum absolute atomic E-state index is 11.5. The number of rotatable bonds is 6. The lowest BCUT2D eigenvalue weighted by atomic mass is 9.97. The molecule has 0 aromatic heterocycles. The number of ether oxygens (including phenoxy) is 1. The molecule has 4 nitrogen and oxygen atoms in total. The maximum atomic E-state index is 11.5. The summed E-state index contributed by atoms with van der Waals surface area (Å²) in [5, 5.41) is 10.1. The molecule has 21 heavy (non-hydrogen) atoms. The third-order valence-corrected chi connectivity index (χ3v) is 4.27. The van der Waals surface area contributed by atoms with E-state index in [1.165, 1.54) is 0 Å². The van der Waals surface area contributed by atoms with Crippen LogP contribution in [0.1, 0.15) is 26.2 Å². The highest BCUT2D eigenvalue weighted by Crippen LogP contribution is 2.20. The van der Waals surface area contributed by atoms with E-state index < -0.39 is 12.0 Å². The number of nitrogens with zero attached hydrogens (tertiary/aromatic N) is 1. The summed E-state index contributed by atoms with van der Waals surface area (Å²) in [4.78, 5) is 13.5. The number of hydrogen-bond acceptors (Lipinski definition) is 3. The minimum atomic E-state index is -0.760. The predicted octanol–water partition coefficient (Wildman–Crippen LogP) is 3.29. The molecule has 2 rings (SSSR count). The van der Waals surface area contributed by atoms with Gasteiger partial charge < -0.3 is 9.84 Å². The summed E-state index contributed by atoms with van der Waals surface area (Å²) in [5.41, 5.74) is 0. The SMILES string of the molecule is CC1CCN(C(CCOc2ccc(Cl)cc2)C(=O)O)CC1. The van der Waals surface area contributed by atoms with E-state index in [1.807, 2.05) is 0 Å². The molecule has 1 aromatic carbocycles. The normalized spacial score (nSPS) is 18.4. The van der Waals surface area contributed by atoms with Gasteiger partial charge in [-0.2, -0.15) is 0 Å². The van der Waals surface area contributed by atoms with Crippen LogP contribution in [0, 0.1) is 5.92 Å². The second kappa shape index (κ2) is 7.66. The first-order valence-electron chi connectivity index (χ1n) is 7.41. The Morgan fingerprint density at radius 3 is 2.57 bits per heavy atom. The number of carboxylic acids is 1. The lowest BCUT2D eigenvalue weighted by Crippen LogP contribution is -2.46. The standard InChI is InChI=1S/C16H22ClNO3/c1-12-6-9-18(10-7-12)15(16(19)20)8-11-21-14-4-2-13(17)3-5-14/h2-5,12,15H,6-11H2,1H3,(H,19,20). The molecule has 1 heterocycles. The molecule has 1 N–H and O–H groups in total. The summed E-state index contributed by atoms with van der Waals surface area (Å²) in [6.45, 7) is 4.33. The molecule has 1 atom stereocenters. The largest absolute Gasteiger partial charge is 0.494 e. The zero-order valence-corrected chi connectivity index (χ0v) is 13.1. The van der Waals surface area contributed by atoms with Gasteiger partial charge in [-0.25, -0.2) is 0 Å². The van der Waals surface area contributed by atoms with Crippen molar-refractivity contribution >= 4 is 17.6 Å². The second-order valence-electron chi connectivity index (χ2n) is 5.66. The Labute approximate surface area is 130 Å². The Hall–Kier alpha value is -1.26. The fraction of sp³-hybridized carbons (Fsp3) is 0.562. The van der Waals surface area contributed by atoms with E-state index in [2.05, 4.69) is 11.8 Å². The van der Waals surface area contributed by atoms with Crippen LogP contribution in [-0.4, -0.2) is 41.7 Å². The van der Waals surface area contributed by atoms with Crippen molar-refractivity contribution in [2.75, 3.05) is 19.7 Å². The predicted molar refractivity (Wildman–Crippen MR) is 83.0 cm³/mol. The molecule has 1 aliphatic heterocycles. The number of benzene rings is 1. The van der Waals surface area contributed by atoms with Crippen molar-refractivity contribution in [2.24, 2.45) is 5.92 Å². The molecular formula is C16H22ClNO3. The maximum Gasteiger partial charge on any atom is 0.321 e. The lowest BCUT2D eigenvalue weighted by molar-refractivity contribution is -0.144. The molecule has 116 valence electrons. The van der Waals surface area contributed by atoms with Crippen molar-refractivity contribution in [1.82, 2.24) is 4.90 Å². The Bertz CT molecular complexity index is 455. The van der Waals surface area contributed by atoms with Gasteiger partial charge in [-0.05, 0) is 56.1 Å². The van der Waals surface area contributed by atoms with E-state index >= 15 is 0 Å². The summed E-state index contributed by atoms with van der Waals surface area (Å²) in [7, 11) is 0. The molecule has 1 fully saturated rings. The average molecular weight is 312 g/mol. The van der Waals surface area contributed by atoms with Gasteiger partial charge in [0.25, 0.3) is 0 Å². The van der Waals surface area contributed by atoms with Gasteiger partial charge in [-0.15, -0.1) is 0 Å². The molecule has 1 aliphatic rings. The van der Waals surface area contributed by atoms with E-state index in [1.54, 1.807) is 24.3 Å². The van der Waals surface area contributed by atoms with Crippen LogP contribution in [-0.2, 0) is 4.79 Å². The second-order valence-corrected chi connectivity index (χ2v) is 6.10. The average Bonchev–Trinajstić information content (AvgIpc) is 2.46. The van der Waals surface area contributed by atoms with Crippen LogP contribution in [0.4, 0.5) is 0 Å². The van der Waals surface area contributed by atoms with Crippen LogP contribution in [0.2, 0.25) is 5.02 Å². The van der Waals surface area contributed by atoms with E-state index in [0.717, 1.165) is 31.7 Å². The van der Waals surface area contributed by atoms with Gasteiger partial charge in [0.1, 0.15) is 11.8 Å².